The molecule has 5 aromatic rings. The first kappa shape index (κ1) is 36.5. The second kappa shape index (κ2) is 15.1. The highest BCUT2D eigenvalue weighted by atomic mass is 16.6. The molecule has 0 N–H and O–H groups in total. The fraction of sp³-hybridized carbons (Fsp3) is 0.163. The summed E-state index contributed by atoms with van der Waals surface area (Å²) in [5.41, 5.74) is 6.66. The number of hydrogen-bond acceptors (Lipinski definition) is 9. The molecule has 290 valence electrons. The number of carbonyl (C=O) groups is 1. The SMILES string of the molecule is COC1=CC=C(N(c2ccc(OC)cc2)c2ccc3c(c2)OC2=CC(N(c4ccc(OC)cc4)c4ccc(OC)cc4)=CCC2C32OC(=O)c3ccccc32)CC=C1. The van der Waals surface area contributed by atoms with Gasteiger partial charge in [-0.15, -0.1) is 0 Å². The number of methoxy groups -OCH3 is 4. The van der Waals surface area contributed by atoms with Crippen LogP contribution in [-0.4, -0.2) is 34.4 Å². The fourth-order valence-corrected chi connectivity index (χ4v) is 8.36. The third-order valence-corrected chi connectivity index (χ3v) is 11.2. The molecule has 2 unspecified atom stereocenters. The number of ether oxygens (including phenoxy) is 6. The van der Waals surface area contributed by atoms with Crippen molar-refractivity contribution in [2.45, 2.75) is 18.4 Å². The van der Waals surface area contributed by atoms with Crippen molar-refractivity contribution in [2.24, 2.45) is 5.92 Å². The number of carbonyl (C=O) groups excluding carboxylic acids is 1. The number of nitrogens with zero attached hydrogens (tertiary/aromatic N) is 2. The van der Waals surface area contributed by atoms with E-state index in [0.717, 1.165) is 68.3 Å². The van der Waals surface area contributed by atoms with Crippen molar-refractivity contribution in [2.75, 3.05) is 38.2 Å². The minimum Gasteiger partial charge on any atom is -0.497 e. The molecule has 0 radical (unpaired) electrons. The molecule has 2 aliphatic carbocycles. The van der Waals surface area contributed by atoms with Crippen molar-refractivity contribution < 1.29 is 33.2 Å². The third kappa shape index (κ3) is 6.25. The van der Waals surface area contributed by atoms with Gasteiger partial charge in [-0.2, -0.15) is 0 Å². The highest BCUT2D eigenvalue weighted by molar-refractivity contribution is 5.96. The molecule has 2 aliphatic heterocycles. The van der Waals surface area contributed by atoms with Gasteiger partial charge in [-0.1, -0.05) is 30.4 Å². The summed E-state index contributed by atoms with van der Waals surface area (Å²) >= 11 is 0. The Morgan fingerprint density at radius 2 is 1.26 bits per heavy atom. The number of benzene rings is 5. The van der Waals surface area contributed by atoms with E-state index in [0.29, 0.717) is 29.9 Å². The number of hydrogen-bond donors (Lipinski definition) is 0. The molecule has 1 spiro atoms. The van der Waals surface area contributed by atoms with Crippen molar-refractivity contribution in [1.29, 1.82) is 0 Å². The van der Waals surface area contributed by atoms with Gasteiger partial charge in [0, 0.05) is 63.8 Å². The number of fused-ring (bicyclic) bond motifs is 6. The van der Waals surface area contributed by atoms with Gasteiger partial charge >= 0.3 is 5.97 Å². The Balaban J connectivity index is 1.20. The predicted octanol–water partition coefficient (Wildman–Crippen LogP) is 10.7. The maximum absolute atomic E-state index is 13.8. The van der Waals surface area contributed by atoms with Crippen molar-refractivity contribution in [3.63, 3.8) is 0 Å². The van der Waals surface area contributed by atoms with Crippen LogP contribution in [0.15, 0.2) is 175 Å². The van der Waals surface area contributed by atoms with Crippen LogP contribution in [0.5, 0.6) is 23.0 Å². The van der Waals surface area contributed by atoms with Crippen molar-refractivity contribution in [3.8, 4) is 23.0 Å². The van der Waals surface area contributed by atoms with Gasteiger partial charge in [0.1, 0.15) is 34.5 Å². The van der Waals surface area contributed by atoms with Crippen LogP contribution in [0, 0.1) is 5.92 Å². The number of anilines is 4. The van der Waals surface area contributed by atoms with E-state index < -0.39 is 5.60 Å². The molecule has 0 saturated carbocycles. The maximum atomic E-state index is 13.8. The molecule has 2 heterocycles. The predicted molar refractivity (Wildman–Crippen MR) is 224 cm³/mol. The summed E-state index contributed by atoms with van der Waals surface area (Å²) < 4.78 is 35.8. The van der Waals surface area contributed by atoms with E-state index in [1.165, 1.54) is 0 Å². The van der Waals surface area contributed by atoms with E-state index >= 15 is 0 Å². The van der Waals surface area contributed by atoms with E-state index in [4.69, 9.17) is 28.4 Å². The highest BCUT2D eigenvalue weighted by Crippen LogP contribution is 2.58. The molecule has 0 fully saturated rings. The average Bonchev–Trinajstić information content (AvgIpc) is 3.38. The first-order chi connectivity index (χ1) is 28.4. The van der Waals surface area contributed by atoms with Crippen LogP contribution in [0.3, 0.4) is 0 Å². The van der Waals surface area contributed by atoms with Crippen LogP contribution in [0.4, 0.5) is 22.7 Å². The van der Waals surface area contributed by atoms with Crippen LogP contribution in [0.25, 0.3) is 0 Å². The highest BCUT2D eigenvalue weighted by Gasteiger charge is 2.58. The Labute approximate surface area is 337 Å². The lowest BCUT2D eigenvalue weighted by molar-refractivity contribution is -0.0249. The number of allylic oxidation sites excluding steroid dienone is 6. The van der Waals surface area contributed by atoms with Crippen LogP contribution in [0.2, 0.25) is 0 Å². The Kier molecular flexibility index (Phi) is 9.49. The van der Waals surface area contributed by atoms with Gasteiger partial charge in [0.25, 0.3) is 0 Å². The smallest absolute Gasteiger partial charge is 0.339 e. The van der Waals surface area contributed by atoms with E-state index in [1.54, 1.807) is 28.4 Å². The molecule has 0 aromatic heterocycles. The molecule has 2 atom stereocenters. The molecule has 0 saturated heterocycles. The summed E-state index contributed by atoms with van der Waals surface area (Å²) in [5.74, 6) is 3.65. The van der Waals surface area contributed by atoms with Crippen LogP contribution in [-0.2, 0) is 15.1 Å². The fourth-order valence-electron chi connectivity index (χ4n) is 8.36. The molecular weight excluding hydrogens is 729 g/mol. The lowest BCUT2D eigenvalue weighted by atomic mass is 9.70. The molecule has 58 heavy (non-hydrogen) atoms. The van der Waals surface area contributed by atoms with E-state index in [2.05, 4.69) is 46.2 Å². The maximum Gasteiger partial charge on any atom is 0.339 e. The Morgan fingerprint density at radius 3 is 1.88 bits per heavy atom. The summed E-state index contributed by atoms with van der Waals surface area (Å²) in [6, 6.07) is 37.8. The largest absolute Gasteiger partial charge is 0.497 e. The first-order valence-corrected chi connectivity index (χ1v) is 19.1. The zero-order chi connectivity index (χ0) is 39.8. The molecule has 4 aliphatic rings. The summed E-state index contributed by atoms with van der Waals surface area (Å²) in [6.07, 6.45) is 13.6. The van der Waals surface area contributed by atoms with E-state index in [-0.39, 0.29) is 11.9 Å². The van der Waals surface area contributed by atoms with Crippen LogP contribution in [0.1, 0.15) is 34.3 Å². The van der Waals surface area contributed by atoms with E-state index in [1.807, 2.05) is 115 Å². The third-order valence-electron chi connectivity index (χ3n) is 11.2. The second-order valence-electron chi connectivity index (χ2n) is 14.2. The van der Waals surface area contributed by atoms with Gasteiger partial charge in [-0.05, 0) is 116 Å². The summed E-state index contributed by atoms with van der Waals surface area (Å²) in [4.78, 5) is 18.2. The minimum atomic E-state index is -1.12. The topological polar surface area (TPSA) is 78.9 Å². The molecule has 5 aromatic carbocycles. The summed E-state index contributed by atoms with van der Waals surface area (Å²) in [7, 11) is 6.65. The van der Waals surface area contributed by atoms with Crippen LogP contribution < -0.4 is 28.7 Å². The molecule has 9 nitrogen and oxygen atoms in total. The van der Waals surface area contributed by atoms with E-state index in [9.17, 15) is 4.79 Å². The molecule has 0 amide bonds. The summed E-state index contributed by atoms with van der Waals surface area (Å²) in [5, 5.41) is 0. The second-order valence-corrected chi connectivity index (χ2v) is 14.2. The van der Waals surface area contributed by atoms with Gasteiger partial charge in [0.05, 0.1) is 39.9 Å². The van der Waals surface area contributed by atoms with Gasteiger partial charge in [-0.25, -0.2) is 4.79 Å². The standard InChI is InChI=1S/C49H42N2O7/c1-53-38-9-7-8-32(12-21-38)50(33-13-22-39(54-2)23-14-33)36-19-28-44-46(30-36)57-47-31-37(20-29-45(47)49(44)43-11-6-5-10-42(43)48(52)58-49)51(34-15-24-40(55-3)25-16-34)35-17-26-41(56-4)27-18-35/h5-7,9-28,30-31,45H,8,29H2,1-4H3. The van der Waals surface area contributed by atoms with Crippen molar-refractivity contribution >= 4 is 28.7 Å². The van der Waals surface area contributed by atoms with Crippen molar-refractivity contribution in [3.05, 3.63) is 191 Å². The first-order valence-electron chi connectivity index (χ1n) is 19.1. The van der Waals surface area contributed by atoms with Gasteiger partial charge in [0.15, 0.2) is 5.60 Å². The molecular formula is C49H42N2O7. The zero-order valence-electron chi connectivity index (χ0n) is 32.7. The molecule has 9 rings (SSSR count). The minimum absolute atomic E-state index is 0.333. The quantitative estimate of drug-likeness (QED) is 0.129. The Hall–Kier alpha value is -7.13. The lowest BCUT2D eigenvalue weighted by Crippen LogP contribution is -2.43. The van der Waals surface area contributed by atoms with Gasteiger partial charge in [-0.3, -0.25) is 0 Å². The molecule has 0 bridgehead atoms. The van der Waals surface area contributed by atoms with Crippen LogP contribution >= 0.6 is 0 Å². The van der Waals surface area contributed by atoms with Gasteiger partial charge < -0.3 is 38.2 Å². The average molecular weight is 771 g/mol. The summed E-state index contributed by atoms with van der Waals surface area (Å²) in [6.45, 7) is 0. The number of esters is 1. The van der Waals surface area contributed by atoms with Crippen molar-refractivity contribution in [1.82, 2.24) is 0 Å². The normalized spacial score (nSPS) is 18.8. The Bertz CT molecular complexity index is 2490. The lowest BCUT2D eigenvalue weighted by Gasteiger charge is -2.44. The monoisotopic (exact) mass is 770 g/mol. The zero-order valence-corrected chi connectivity index (χ0v) is 32.7. The Morgan fingerprint density at radius 1 is 0.655 bits per heavy atom. The van der Waals surface area contributed by atoms with Gasteiger partial charge in [0.2, 0.25) is 0 Å². The number of rotatable bonds is 10. The molecule has 9 heteroatoms.